The number of carbonyl (C=O) groups excluding carboxylic acids is 1. The van der Waals surface area contributed by atoms with Gasteiger partial charge < -0.3 is 15.0 Å². The molecular formula is C23H24ClN3O2. The Balaban J connectivity index is 1.39. The first kappa shape index (κ1) is 19.5. The average Bonchev–Trinajstić information content (AvgIpc) is 2.73. The van der Waals surface area contributed by atoms with E-state index in [0.29, 0.717) is 10.8 Å². The number of anilines is 2. The van der Waals surface area contributed by atoms with E-state index in [9.17, 15) is 4.79 Å². The second kappa shape index (κ2) is 8.70. The van der Waals surface area contributed by atoms with Crippen molar-refractivity contribution in [2.24, 2.45) is 0 Å². The van der Waals surface area contributed by atoms with E-state index in [4.69, 9.17) is 16.3 Å². The Labute approximate surface area is 175 Å². The fourth-order valence-electron chi connectivity index (χ4n) is 3.66. The number of ether oxygens (including phenoxy) is 1. The highest BCUT2D eigenvalue weighted by atomic mass is 35.5. The number of pyridine rings is 1. The van der Waals surface area contributed by atoms with Crippen LogP contribution >= 0.6 is 11.6 Å². The van der Waals surface area contributed by atoms with Crippen LogP contribution < -0.4 is 15.0 Å². The molecule has 6 heteroatoms. The molecule has 3 aromatic rings. The number of piperidine rings is 1. The summed E-state index contributed by atoms with van der Waals surface area (Å²) in [6, 6.07) is 15.3. The minimum atomic E-state index is -0.208. The van der Waals surface area contributed by atoms with Gasteiger partial charge in [0.1, 0.15) is 5.75 Å². The molecule has 0 spiro atoms. The van der Waals surface area contributed by atoms with Crippen LogP contribution in [0.2, 0.25) is 5.02 Å². The van der Waals surface area contributed by atoms with Crippen LogP contribution in [0.4, 0.5) is 11.4 Å². The molecule has 0 unspecified atom stereocenters. The molecule has 1 amide bonds. The van der Waals surface area contributed by atoms with E-state index in [1.165, 1.54) is 24.9 Å². The number of rotatable bonds is 5. The van der Waals surface area contributed by atoms with Crippen LogP contribution in [0.15, 0.2) is 48.5 Å². The summed E-state index contributed by atoms with van der Waals surface area (Å²) in [6.07, 6.45) is 3.79. The highest BCUT2D eigenvalue weighted by molar-refractivity contribution is 6.31. The van der Waals surface area contributed by atoms with Gasteiger partial charge in [-0.3, -0.25) is 9.78 Å². The second-order valence-corrected chi connectivity index (χ2v) is 7.79. The smallest absolute Gasteiger partial charge is 0.262 e. The Morgan fingerprint density at radius 3 is 2.62 bits per heavy atom. The standard InChI is InChI=1S/C23H24ClN3O2/c1-16-13-22(20-14-17(24)5-10-21(20)25-16)29-15-23(28)26-18-6-8-19(9-7-18)27-11-3-2-4-12-27/h5-10,13-14H,2-4,11-12,15H2,1H3,(H,26,28). The van der Waals surface area contributed by atoms with Crippen LogP contribution in [0, 0.1) is 6.92 Å². The zero-order valence-electron chi connectivity index (χ0n) is 16.5. The quantitative estimate of drug-likeness (QED) is 0.628. The Morgan fingerprint density at radius 2 is 1.86 bits per heavy atom. The number of aromatic nitrogens is 1. The van der Waals surface area contributed by atoms with E-state index in [1.807, 2.05) is 31.2 Å². The summed E-state index contributed by atoms with van der Waals surface area (Å²) < 4.78 is 5.79. The summed E-state index contributed by atoms with van der Waals surface area (Å²) in [7, 11) is 0. The minimum Gasteiger partial charge on any atom is -0.483 e. The third kappa shape index (κ3) is 4.80. The molecule has 1 aromatic heterocycles. The molecule has 1 saturated heterocycles. The Kier molecular flexibility index (Phi) is 5.86. The topological polar surface area (TPSA) is 54.5 Å². The van der Waals surface area contributed by atoms with Crippen molar-refractivity contribution in [2.75, 3.05) is 29.9 Å². The van der Waals surface area contributed by atoms with E-state index >= 15 is 0 Å². The van der Waals surface area contributed by atoms with Gasteiger partial charge in [0, 0.05) is 46.6 Å². The van der Waals surface area contributed by atoms with E-state index in [0.717, 1.165) is 35.4 Å². The van der Waals surface area contributed by atoms with Crippen LogP contribution in [0.3, 0.4) is 0 Å². The van der Waals surface area contributed by atoms with Gasteiger partial charge in [-0.25, -0.2) is 0 Å². The first-order valence-electron chi connectivity index (χ1n) is 9.93. The first-order valence-corrected chi connectivity index (χ1v) is 10.3. The van der Waals surface area contributed by atoms with Gasteiger partial charge in [-0.15, -0.1) is 0 Å². The highest BCUT2D eigenvalue weighted by Crippen LogP contribution is 2.28. The van der Waals surface area contributed by atoms with Gasteiger partial charge in [0.15, 0.2) is 6.61 Å². The molecule has 0 saturated carbocycles. The lowest BCUT2D eigenvalue weighted by Crippen LogP contribution is -2.29. The van der Waals surface area contributed by atoms with Gasteiger partial charge >= 0.3 is 0 Å². The molecule has 150 valence electrons. The number of aryl methyl sites for hydroxylation is 1. The van der Waals surface area contributed by atoms with Gasteiger partial charge in [0.25, 0.3) is 5.91 Å². The number of nitrogens with one attached hydrogen (secondary N) is 1. The second-order valence-electron chi connectivity index (χ2n) is 7.35. The van der Waals surface area contributed by atoms with Gasteiger partial charge in [-0.2, -0.15) is 0 Å². The third-order valence-electron chi connectivity index (χ3n) is 5.09. The van der Waals surface area contributed by atoms with Crippen LogP contribution in [-0.2, 0) is 4.79 Å². The first-order chi connectivity index (χ1) is 14.1. The number of halogens is 1. The van der Waals surface area contributed by atoms with E-state index in [-0.39, 0.29) is 12.5 Å². The number of amides is 1. The average molecular weight is 410 g/mol. The van der Waals surface area contributed by atoms with E-state index < -0.39 is 0 Å². The number of carbonyl (C=O) groups is 1. The maximum Gasteiger partial charge on any atom is 0.262 e. The summed E-state index contributed by atoms with van der Waals surface area (Å²) in [5.41, 5.74) is 3.58. The number of fused-ring (bicyclic) bond motifs is 1. The Bertz CT molecular complexity index is 1010. The molecule has 5 nitrogen and oxygen atoms in total. The molecule has 2 heterocycles. The van der Waals surface area contributed by atoms with Crippen molar-refractivity contribution < 1.29 is 9.53 Å². The van der Waals surface area contributed by atoms with Crippen molar-refractivity contribution in [1.82, 2.24) is 4.98 Å². The lowest BCUT2D eigenvalue weighted by atomic mass is 10.1. The summed E-state index contributed by atoms with van der Waals surface area (Å²) in [6.45, 7) is 4.01. The zero-order chi connectivity index (χ0) is 20.2. The fraction of sp³-hybridized carbons (Fsp3) is 0.304. The zero-order valence-corrected chi connectivity index (χ0v) is 17.2. The van der Waals surface area contributed by atoms with Crippen LogP contribution in [0.1, 0.15) is 25.0 Å². The fourth-order valence-corrected chi connectivity index (χ4v) is 3.83. The molecular weight excluding hydrogens is 386 g/mol. The molecule has 1 N–H and O–H groups in total. The highest BCUT2D eigenvalue weighted by Gasteiger charge is 2.12. The molecule has 0 atom stereocenters. The summed E-state index contributed by atoms with van der Waals surface area (Å²) in [4.78, 5) is 19.2. The van der Waals surface area contributed by atoms with Crippen molar-refractivity contribution in [3.05, 3.63) is 59.2 Å². The number of hydrogen-bond acceptors (Lipinski definition) is 4. The summed E-state index contributed by atoms with van der Waals surface area (Å²) >= 11 is 6.10. The predicted molar refractivity (Wildman–Crippen MR) is 118 cm³/mol. The largest absolute Gasteiger partial charge is 0.483 e. The molecule has 1 aliphatic rings. The monoisotopic (exact) mass is 409 g/mol. The lowest BCUT2D eigenvalue weighted by molar-refractivity contribution is -0.118. The van der Waals surface area contributed by atoms with E-state index in [1.54, 1.807) is 12.1 Å². The number of benzene rings is 2. The van der Waals surface area contributed by atoms with Gasteiger partial charge in [0.2, 0.25) is 0 Å². The molecule has 0 aliphatic carbocycles. The van der Waals surface area contributed by atoms with Crippen molar-refractivity contribution in [3.63, 3.8) is 0 Å². The molecule has 1 aliphatic heterocycles. The molecule has 2 aromatic carbocycles. The van der Waals surface area contributed by atoms with Crippen molar-refractivity contribution in [2.45, 2.75) is 26.2 Å². The van der Waals surface area contributed by atoms with Crippen LogP contribution in [-0.4, -0.2) is 30.6 Å². The Morgan fingerprint density at radius 1 is 1.10 bits per heavy atom. The maximum atomic E-state index is 12.4. The lowest BCUT2D eigenvalue weighted by Gasteiger charge is -2.28. The number of hydrogen-bond donors (Lipinski definition) is 1. The molecule has 29 heavy (non-hydrogen) atoms. The Hall–Kier alpha value is -2.79. The molecule has 1 fully saturated rings. The molecule has 4 rings (SSSR count). The normalized spacial score (nSPS) is 14.1. The number of nitrogens with zero attached hydrogens (tertiary/aromatic N) is 2. The summed E-state index contributed by atoms with van der Waals surface area (Å²) in [5.74, 6) is 0.394. The SMILES string of the molecule is Cc1cc(OCC(=O)Nc2ccc(N3CCCCC3)cc2)c2cc(Cl)ccc2n1. The van der Waals surface area contributed by atoms with Gasteiger partial charge in [-0.05, 0) is 68.7 Å². The van der Waals surface area contributed by atoms with E-state index in [2.05, 4.69) is 27.3 Å². The summed E-state index contributed by atoms with van der Waals surface area (Å²) in [5, 5.41) is 4.29. The van der Waals surface area contributed by atoms with Crippen LogP contribution in [0.5, 0.6) is 5.75 Å². The van der Waals surface area contributed by atoms with Crippen molar-refractivity contribution in [3.8, 4) is 5.75 Å². The maximum absolute atomic E-state index is 12.4. The van der Waals surface area contributed by atoms with Crippen molar-refractivity contribution in [1.29, 1.82) is 0 Å². The molecule has 0 bridgehead atoms. The predicted octanol–water partition coefficient (Wildman–Crippen LogP) is 5.20. The van der Waals surface area contributed by atoms with Gasteiger partial charge in [0.05, 0.1) is 5.52 Å². The molecule has 0 radical (unpaired) electrons. The van der Waals surface area contributed by atoms with Crippen LogP contribution in [0.25, 0.3) is 10.9 Å². The third-order valence-corrected chi connectivity index (χ3v) is 5.33. The minimum absolute atomic E-state index is 0.0844. The van der Waals surface area contributed by atoms with Crippen molar-refractivity contribution >= 4 is 39.8 Å². The van der Waals surface area contributed by atoms with Gasteiger partial charge in [-0.1, -0.05) is 11.6 Å².